The molecule has 0 aliphatic rings. The zero-order valence-corrected chi connectivity index (χ0v) is 10.5. The van der Waals surface area contributed by atoms with Crippen LogP contribution >= 0.6 is 16.1 Å². The SMILES string of the molecule is O=c1c2ccccc2n(-c2ccccc2)n1Br. The Hall–Kier alpha value is -1.81. The molecule has 3 rings (SSSR count). The van der Waals surface area contributed by atoms with Crippen molar-refractivity contribution in [1.82, 2.24) is 8.39 Å². The van der Waals surface area contributed by atoms with Crippen molar-refractivity contribution in [2.24, 2.45) is 0 Å². The lowest BCUT2D eigenvalue weighted by Crippen LogP contribution is -2.12. The molecule has 2 aromatic carbocycles. The summed E-state index contributed by atoms with van der Waals surface area (Å²) in [6.07, 6.45) is 0. The summed E-state index contributed by atoms with van der Waals surface area (Å²) in [5.41, 5.74) is 1.78. The van der Waals surface area contributed by atoms with Crippen molar-refractivity contribution in [2.45, 2.75) is 0 Å². The van der Waals surface area contributed by atoms with Gasteiger partial charge in [0.15, 0.2) is 0 Å². The number of benzene rings is 2. The Bertz CT molecular complexity index is 728. The molecule has 0 atom stereocenters. The molecule has 0 saturated heterocycles. The van der Waals surface area contributed by atoms with Crippen LogP contribution in [0.2, 0.25) is 0 Å². The number of nitrogens with zero attached hydrogens (tertiary/aromatic N) is 2. The van der Waals surface area contributed by atoms with Gasteiger partial charge >= 0.3 is 0 Å². The van der Waals surface area contributed by atoms with Crippen molar-refractivity contribution in [2.75, 3.05) is 0 Å². The molecule has 0 bridgehead atoms. The van der Waals surface area contributed by atoms with E-state index < -0.39 is 0 Å². The molecule has 4 heteroatoms. The first kappa shape index (κ1) is 10.4. The first-order valence-electron chi connectivity index (χ1n) is 5.23. The quantitative estimate of drug-likeness (QED) is 0.676. The maximum atomic E-state index is 12.0. The normalized spacial score (nSPS) is 10.9. The number of halogens is 1. The Labute approximate surface area is 106 Å². The highest BCUT2D eigenvalue weighted by Crippen LogP contribution is 2.17. The van der Waals surface area contributed by atoms with E-state index in [9.17, 15) is 4.79 Å². The minimum absolute atomic E-state index is 0.0514. The second-order valence-electron chi connectivity index (χ2n) is 3.73. The molecule has 17 heavy (non-hydrogen) atoms. The summed E-state index contributed by atoms with van der Waals surface area (Å²) in [6.45, 7) is 0. The van der Waals surface area contributed by atoms with Crippen molar-refractivity contribution in [3.8, 4) is 5.69 Å². The molecule has 0 radical (unpaired) electrons. The van der Waals surface area contributed by atoms with Crippen LogP contribution in [0.5, 0.6) is 0 Å². The van der Waals surface area contributed by atoms with E-state index in [0.29, 0.717) is 5.39 Å². The molecule has 3 nitrogen and oxygen atoms in total. The second-order valence-corrected chi connectivity index (χ2v) is 4.40. The van der Waals surface area contributed by atoms with Gasteiger partial charge in [-0.3, -0.25) is 4.79 Å². The molecule has 1 aromatic heterocycles. The molecule has 0 fully saturated rings. The minimum atomic E-state index is -0.0514. The first-order chi connectivity index (χ1) is 8.29. The Morgan fingerprint density at radius 1 is 0.882 bits per heavy atom. The molecule has 0 aliphatic carbocycles. The van der Waals surface area contributed by atoms with Gasteiger partial charge in [0.2, 0.25) is 0 Å². The highest BCUT2D eigenvalue weighted by Gasteiger charge is 2.11. The molecule has 0 N–H and O–H groups in total. The number of fused-ring (bicyclic) bond motifs is 1. The summed E-state index contributed by atoms with van der Waals surface area (Å²) in [7, 11) is 0. The predicted molar refractivity (Wildman–Crippen MR) is 71.9 cm³/mol. The first-order valence-corrected chi connectivity index (χ1v) is 5.94. The largest absolute Gasteiger partial charge is 0.285 e. The summed E-state index contributed by atoms with van der Waals surface area (Å²) in [6, 6.07) is 17.3. The topological polar surface area (TPSA) is 26.9 Å². The van der Waals surface area contributed by atoms with Gasteiger partial charge in [-0.25, -0.2) is 4.68 Å². The zero-order chi connectivity index (χ0) is 11.8. The molecule has 0 saturated carbocycles. The number of hydrogen-bond donors (Lipinski definition) is 0. The van der Waals surface area contributed by atoms with Crippen molar-refractivity contribution in [3.05, 3.63) is 65.0 Å². The van der Waals surface area contributed by atoms with Gasteiger partial charge in [0.05, 0.1) is 32.7 Å². The van der Waals surface area contributed by atoms with E-state index in [4.69, 9.17) is 0 Å². The van der Waals surface area contributed by atoms with Gasteiger partial charge in [-0.15, -0.1) is 0 Å². The third-order valence-corrected chi connectivity index (χ3v) is 3.35. The summed E-state index contributed by atoms with van der Waals surface area (Å²) in [5, 5.41) is 0.702. The van der Waals surface area contributed by atoms with Gasteiger partial charge in [-0.2, -0.15) is 3.71 Å². The Morgan fingerprint density at radius 3 is 2.29 bits per heavy atom. The molecule has 0 amide bonds. The third kappa shape index (κ3) is 1.52. The van der Waals surface area contributed by atoms with Crippen molar-refractivity contribution in [1.29, 1.82) is 0 Å². The van der Waals surface area contributed by atoms with E-state index in [0.717, 1.165) is 11.2 Å². The third-order valence-electron chi connectivity index (χ3n) is 2.71. The summed E-state index contributed by atoms with van der Waals surface area (Å²) < 4.78 is 3.30. The summed E-state index contributed by atoms with van der Waals surface area (Å²) in [4.78, 5) is 12.0. The molecule has 3 aromatic rings. The van der Waals surface area contributed by atoms with Gasteiger partial charge in [0.25, 0.3) is 5.56 Å². The number of aromatic nitrogens is 2. The van der Waals surface area contributed by atoms with Crippen molar-refractivity contribution >= 4 is 27.1 Å². The van der Waals surface area contributed by atoms with Crippen LogP contribution in [0.3, 0.4) is 0 Å². The van der Waals surface area contributed by atoms with E-state index in [1.54, 1.807) is 0 Å². The van der Waals surface area contributed by atoms with Crippen LogP contribution < -0.4 is 5.56 Å². The molecular formula is C13H9BrN2O. The van der Waals surface area contributed by atoms with Crippen molar-refractivity contribution in [3.63, 3.8) is 0 Å². The maximum absolute atomic E-state index is 12.0. The van der Waals surface area contributed by atoms with E-state index >= 15 is 0 Å². The minimum Gasteiger partial charge on any atom is -0.266 e. The lowest BCUT2D eigenvalue weighted by Gasteiger charge is -2.06. The molecule has 0 unspecified atom stereocenters. The maximum Gasteiger partial charge on any atom is 0.285 e. The van der Waals surface area contributed by atoms with E-state index in [1.807, 2.05) is 59.3 Å². The monoisotopic (exact) mass is 288 g/mol. The number of hydrogen-bond acceptors (Lipinski definition) is 1. The van der Waals surface area contributed by atoms with Crippen LogP contribution in [0.4, 0.5) is 0 Å². The molecule has 84 valence electrons. The van der Waals surface area contributed by atoms with E-state index in [-0.39, 0.29) is 5.56 Å². The lowest BCUT2D eigenvalue weighted by molar-refractivity contribution is 0.848. The smallest absolute Gasteiger partial charge is 0.266 e. The van der Waals surface area contributed by atoms with Crippen LogP contribution in [0.25, 0.3) is 16.6 Å². The zero-order valence-electron chi connectivity index (χ0n) is 8.88. The van der Waals surface area contributed by atoms with Crippen LogP contribution in [-0.4, -0.2) is 8.39 Å². The Balaban J connectivity index is 2.45. The van der Waals surface area contributed by atoms with Crippen LogP contribution in [0.1, 0.15) is 0 Å². The van der Waals surface area contributed by atoms with Crippen LogP contribution in [0.15, 0.2) is 59.4 Å². The van der Waals surface area contributed by atoms with Gasteiger partial charge in [-0.1, -0.05) is 30.3 Å². The van der Waals surface area contributed by atoms with Gasteiger partial charge in [-0.05, 0) is 24.3 Å². The standard InChI is InChI=1S/C13H9BrN2O/c14-16-13(17)11-8-4-5-9-12(11)15(16)10-6-2-1-3-7-10/h1-9H. The van der Waals surface area contributed by atoms with Gasteiger partial charge < -0.3 is 0 Å². The van der Waals surface area contributed by atoms with Gasteiger partial charge in [0, 0.05) is 0 Å². The van der Waals surface area contributed by atoms with Crippen LogP contribution in [-0.2, 0) is 0 Å². The fourth-order valence-electron chi connectivity index (χ4n) is 1.93. The fourth-order valence-corrected chi connectivity index (χ4v) is 2.48. The number of para-hydroxylation sites is 2. The fraction of sp³-hybridized carbons (Fsp3) is 0. The predicted octanol–water partition coefficient (Wildman–Crippen LogP) is 2.95. The second kappa shape index (κ2) is 3.89. The van der Waals surface area contributed by atoms with E-state index in [1.165, 1.54) is 3.71 Å². The average molecular weight is 289 g/mol. The number of rotatable bonds is 1. The van der Waals surface area contributed by atoms with E-state index in [2.05, 4.69) is 16.1 Å². The van der Waals surface area contributed by atoms with Gasteiger partial charge in [0.1, 0.15) is 0 Å². The summed E-state index contributed by atoms with van der Waals surface area (Å²) in [5.74, 6) is 0. The molecule has 0 spiro atoms. The highest BCUT2D eigenvalue weighted by atomic mass is 79.9. The highest BCUT2D eigenvalue weighted by molar-refractivity contribution is 9.08. The van der Waals surface area contributed by atoms with Crippen molar-refractivity contribution < 1.29 is 0 Å². The summed E-state index contributed by atoms with van der Waals surface area (Å²) >= 11 is 3.30. The molecule has 1 heterocycles. The molecule has 0 aliphatic heterocycles. The lowest BCUT2D eigenvalue weighted by atomic mass is 10.2. The van der Waals surface area contributed by atoms with Crippen LogP contribution in [0, 0.1) is 0 Å². The Kier molecular flexibility index (Phi) is 2.37. The Morgan fingerprint density at radius 2 is 1.53 bits per heavy atom. The molecular weight excluding hydrogens is 280 g/mol. The average Bonchev–Trinajstić information content (AvgIpc) is 2.64.